The highest BCUT2D eigenvalue weighted by Gasteiger charge is 2.15. The van der Waals surface area contributed by atoms with Crippen molar-refractivity contribution in [3.8, 4) is 0 Å². The lowest BCUT2D eigenvalue weighted by Crippen LogP contribution is -2.41. The van der Waals surface area contributed by atoms with Gasteiger partial charge in [0.25, 0.3) is 0 Å². The van der Waals surface area contributed by atoms with Gasteiger partial charge in [-0.2, -0.15) is 0 Å². The van der Waals surface area contributed by atoms with Crippen molar-refractivity contribution in [1.29, 1.82) is 0 Å². The molecule has 2 amide bonds. The molecule has 1 aliphatic rings. The number of carbonyl (C=O) groups excluding carboxylic acids is 1. The summed E-state index contributed by atoms with van der Waals surface area (Å²) in [5.41, 5.74) is 0.884. The summed E-state index contributed by atoms with van der Waals surface area (Å²) in [5.74, 6) is 0.329. The van der Waals surface area contributed by atoms with E-state index < -0.39 is 0 Å². The van der Waals surface area contributed by atoms with Crippen LogP contribution < -0.4 is 15.5 Å². The van der Waals surface area contributed by atoms with Crippen LogP contribution in [-0.4, -0.2) is 45.9 Å². The molecule has 1 heterocycles. The third kappa shape index (κ3) is 5.00. The quantitative estimate of drug-likeness (QED) is 0.889. The van der Waals surface area contributed by atoms with Crippen molar-refractivity contribution in [2.75, 3.05) is 44.8 Å². The van der Waals surface area contributed by atoms with E-state index in [1.165, 1.54) is 0 Å². The van der Waals surface area contributed by atoms with Crippen LogP contribution in [0.1, 0.15) is 0 Å². The minimum Gasteiger partial charge on any atom is -0.380 e. The predicted octanol–water partition coefficient (Wildman–Crippen LogP) is 1.49. The number of nitrogens with zero attached hydrogens (tertiary/aromatic N) is 1. The SMILES string of the molecule is CN(C(=O)NCC1CNCCOC1)c1ccccc1.Cl. The van der Waals surface area contributed by atoms with E-state index in [0.717, 1.165) is 25.4 Å². The first-order valence-electron chi connectivity index (χ1n) is 6.62. The molecule has 6 heteroatoms. The fourth-order valence-corrected chi connectivity index (χ4v) is 2.01. The van der Waals surface area contributed by atoms with Crippen LogP contribution in [0.5, 0.6) is 0 Å². The fourth-order valence-electron chi connectivity index (χ4n) is 2.01. The van der Waals surface area contributed by atoms with Crippen LogP contribution >= 0.6 is 12.4 Å². The smallest absolute Gasteiger partial charge is 0.321 e. The number of ether oxygens (including phenoxy) is 1. The first-order valence-corrected chi connectivity index (χ1v) is 6.62. The normalized spacial score (nSPS) is 18.6. The van der Waals surface area contributed by atoms with E-state index in [4.69, 9.17) is 4.74 Å². The van der Waals surface area contributed by atoms with Gasteiger partial charge in [-0.3, -0.25) is 4.90 Å². The van der Waals surface area contributed by atoms with Gasteiger partial charge in [-0.15, -0.1) is 12.4 Å². The summed E-state index contributed by atoms with van der Waals surface area (Å²) in [7, 11) is 1.77. The Kier molecular flexibility index (Phi) is 7.36. The van der Waals surface area contributed by atoms with Crippen molar-refractivity contribution < 1.29 is 9.53 Å². The molecule has 5 nitrogen and oxygen atoms in total. The molecule has 20 heavy (non-hydrogen) atoms. The van der Waals surface area contributed by atoms with Crippen LogP contribution in [0, 0.1) is 5.92 Å². The Balaban J connectivity index is 0.00000200. The van der Waals surface area contributed by atoms with Crippen molar-refractivity contribution in [2.24, 2.45) is 5.92 Å². The van der Waals surface area contributed by atoms with Gasteiger partial charge in [0.15, 0.2) is 0 Å². The Labute approximate surface area is 126 Å². The number of hydrogen-bond acceptors (Lipinski definition) is 3. The number of carbonyl (C=O) groups is 1. The Hall–Kier alpha value is -1.30. The molecule has 0 radical (unpaired) electrons. The molecule has 0 saturated carbocycles. The van der Waals surface area contributed by atoms with Gasteiger partial charge in [-0.1, -0.05) is 18.2 Å². The molecule has 1 atom stereocenters. The molecule has 2 N–H and O–H groups in total. The van der Waals surface area contributed by atoms with Crippen molar-refractivity contribution in [3.05, 3.63) is 30.3 Å². The number of rotatable bonds is 3. The number of nitrogens with one attached hydrogen (secondary N) is 2. The van der Waals surface area contributed by atoms with Gasteiger partial charge in [0, 0.05) is 38.3 Å². The van der Waals surface area contributed by atoms with Gasteiger partial charge < -0.3 is 15.4 Å². The van der Waals surface area contributed by atoms with Gasteiger partial charge >= 0.3 is 6.03 Å². The van der Waals surface area contributed by atoms with Crippen LogP contribution in [0.4, 0.5) is 10.5 Å². The van der Waals surface area contributed by atoms with Crippen LogP contribution in [0.25, 0.3) is 0 Å². The average molecular weight is 300 g/mol. The summed E-state index contributed by atoms with van der Waals surface area (Å²) in [6.45, 7) is 3.84. The highest BCUT2D eigenvalue weighted by molar-refractivity contribution is 5.91. The van der Waals surface area contributed by atoms with E-state index in [1.807, 2.05) is 30.3 Å². The summed E-state index contributed by atoms with van der Waals surface area (Å²) < 4.78 is 5.46. The zero-order valence-corrected chi connectivity index (χ0v) is 12.5. The minimum absolute atomic E-state index is 0. The molecule has 1 aromatic carbocycles. The number of halogens is 1. The zero-order valence-electron chi connectivity index (χ0n) is 11.7. The molecule has 2 rings (SSSR count). The van der Waals surface area contributed by atoms with Crippen LogP contribution in [0.15, 0.2) is 30.3 Å². The van der Waals surface area contributed by atoms with Gasteiger partial charge in [-0.25, -0.2) is 4.79 Å². The van der Waals surface area contributed by atoms with Crippen LogP contribution in [0.3, 0.4) is 0 Å². The Morgan fingerprint density at radius 1 is 1.45 bits per heavy atom. The second kappa shape index (κ2) is 8.79. The number of hydrogen-bond donors (Lipinski definition) is 2. The number of para-hydroxylation sites is 1. The molecule has 0 bridgehead atoms. The lowest BCUT2D eigenvalue weighted by atomic mass is 10.1. The molecule has 112 valence electrons. The second-order valence-electron chi connectivity index (χ2n) is 4.73. The van der Waals surface area contributed by atoms with E-state index in [1.54, 1.807) is 11.9 Å². The summed E-state index contributed by atoms with van der Waals surface area (Å²) in [4.78, 5) is 13.6. The monoisotopic (exact) mass is 299 g/mol. The van der Waals surface area contributed by atoms with Gasteiger partial charge in [0.2, 0.25) is 0 Å². The number of benzene rings is 1. The molecule has 1 fully saturated rings. The third-order valence-corrected chi connectivity index (χ3v) is 3.20. The lowest BCUT2D eigenvalue weighted by Gasteiger charge is -2.20. The maximum Gasteiger partial charge on any atom is 0.321 e. The van der Waals surface area contributed by atoms with Gasteiger partial charge in [0.05, 0.1) is 13.2 Å². The second-order valence-corrected chi connectivity index (χ2v) is 4.73. The van der Waals surface area contributed by atoms with Crippen molar-refractivity contribution in [2.45, 2.75) is 0 Å². The molecule has 0 spiro atoms. The number of anilines is 1. The maximum atomic E-state index is 12.0. The van der Waals surface area contributed by atoms with Crippen molar-refractivity contribution in [3.63, 3.8) is 0 Å². The summed E-state index contributed by atoms with van der Waals surface area (Å²) in [5, 5.41) is 6.24. The third-order valence-electron chi connectivity index (χ3n) is 3.20. The van der Waals surface area contributed by atoms with E-state index in [9.17, 15) is 4.79 Å². The highest BCUT2D eigenvalue weighted by atomic mass is 35.5. The maximum absolute atomic E-state index is 12.0. The summed E-state index contributed by atoms with van der Waals surface area (Å²) in [6, 6.07) is 9.51. The Morgan fingerprint density at radius 2 is 2.20 bits per heavy atom. The molecule has 1 aromatic rings. The Bertz CT molecular complexity index is 395. The van der Waals surface area contributed by atoms with Crippen LogP contribution in [0.2, 0.25) is 0 Å². The number of urea groups is 1. The van der Waals surface area contributed by atoms with Crippen LogP contribution in [-0.2, 0) is 4.74 Å². The first-order chi connectivity index (χ1) is 9.27. The highest BCUT2D eigenvalue weighted by Crippen LogP contribution is 2.10. The predicted molar refractivity (Wildman–Crippen MR) is 82.7 cm³/mol. The summed E-state index contributed by atoms with van der Waals surface area (Å²) in [6.07, 6.45) is 0. The molecule has 1 saturated heterocycles. The fraction of sp³-hybridized carbons (Fsp3) is 0.500. The molecule has 0 aromatic heterocycles. The number of amides is 2. The van der Waals surface area contributed by atoms with Crippen molar-refractivity contribution in [1.82, 2.24) is 10.6 Å². The topological polar surface area (TPSA) is 53.6 Å². The first kappa shape index (κ1) is 16.8. The Morgan fingerprint density at radius 3 is 2.95 bits per heavy atom. The molecule has 0 aliphatic carbocycles. The lowest BCUT2D eigenvalue weighted by molar-refractivity contribution is 0.123. The standard InChI is InChI=1S/C14H21N3O2.ClH/c1-17(13-5-3-2-4-6-13)14(18)16-10-12-9-15-7-8-19-11-12;/h2-6,12,15H,7-11H2,1H3,(H,16,18);1H. The average Bonchev–Trinajstić information content (AvgIpc) is 2.73. The molecular formula is C14H22ClN3O2. The zero-order chi connectivity index (χ0) is 13.5. The molecule has 1 aliphatic heterocycles. The largest absolute Gasteiger partial charge is 0.380 e. The van der Waals surface area contributed by atoms with Gasteiger partial charge in [-0.05, 0) is 12.1 Å². The molecular weight excluding hydrogens is 278 g/mol. The summed E-state index contributed by atoms with van der Waals surface area (Å²) >= 11 is 0. The van der Waals surface area contributed by atoms with E-state index in [0.29, 0.717) is 19.1 Å². The molecule has 1 unspecified atom stereocenters. The van der Waals surface area contributed by atoms with E-state index in [-0.39, 0.29) is 18.4 Å². The van der Waals surface area contributed by atoms with Gasteiger partial charge in [0.1, 0.15) is 0 Å². The van der Waals surface area contributed by atoms with E-state index >= 15 is 0 Å². The van der Waals surface area contributed by atoms with Crippen molar-refractivity contribution >= 4 is 24.1 Å². The minimum atomic E-state index is -0.0875. The van der Waals surface area contributed by atoms with E-state index in [2.05, 4.69) is 10.6 Å².